The first-order valence-electron chi connectivity index (χ1n) is 7.99. The molecule has 3 aromatic rings. The van der Waals surface area contributed by atoms with Crippen LogP contribution in [0.4, 0.5) is 6.01 Å². The Kier molecular flexibility index (Phi) is 5.32. The molecule has 0 saturated heterocycles. The van der Waals surface area contributed by atoms with E-state index in [0.29, 0.717) is 17.1 Å². The molecule has 2 aromatic carbocycles. The summed E-state index contributed by atoms with van der Waals surface area (Å²) >= 11 is 0. The van der Waals surface area contributed by atoms with Gasteiger partial charge in [0.05, 0.1) is 24.7 Å². The van der Waals surface area contributed by atoms with Gasteiger partial charge in [0.15, 0.2) is 9.84 Å². The molecule has 10 heteroatoms. The lowest BCUT2D eigenvalue weighted by molar-refractivity contribution is 0.102. The maximum Gasteiger partial charge on any atom is 0.322 e. The Morgan fingerprint density at radius 3 is 2.54 bits per heavy atom. The van der Waals surface area contributed by atoms with Crippen molar-refractivity contribution in [3.05, 3.63) is 48.0 Å². The van der Waals surface area contributed by atoms with E-state index in [9.17, 15) is 13.2 Å². The number of sulfone groups is 1. The predicted octanol–water partition coefficient (Wildman–Crippen LogP) is 2.41. The molecule has 9 nitrogen and oxygen atoms in total. The Labute approximate surface area is 161 Å². The first kappa shape index (κ1) is 19.4. The second-order valence-corrected chi connectivity index (χ2v) is 7.75. The van der Waals surface area contributed by atoms with E-state index in [1.165, 1.54) is 38.5 Å². The van der Waals surface area contributed by atoms with Crippen molar-refractivity contribution in [3.8, 4) is 23.0 Å². The molecule has 0 saturated carbocycles. The van der Waals surface area contributed by atoms with Crippen LogP contribution < -0.4 is 14.8 Å². The van der Waals surface area contributed by atoms with Crippen LogP contribution in [0.25, 0.3) is 11.5 Å². The largest absolute Gasteiger partial charge is 0.497 e. The lowest BCUT2D eigenvalue weighted by atomic mass is 10.2. The van der Waals surface area contributed by atoms with Crippen LogP contribution >= 0.6 is 0 Å². The average molecular weight is 403 g/mol. The molecule has 0 bridgehead atoms. The normalized spacial score (nSPS) is 11.1. The molecule has 28 heavy (non-hydrogen) atoms. The molecule has 0 unspecified atom stereocenters. The van der Waals surface area contributed by atoms with Crippen LogP contribution in [0.3, 0.4) is 0 Å². The summed E-state index contributed by atoms with van der Waals surface area (Å²) in [5.41, 5.74) is 0.635. The summed E-state index contributed by atoms with van der Waals surface area (Å²) in [7, 11) is -0.412. The van der Waals surface area contributed by atoms with E-state index < -0.39 is 15.7 Å². The Bertz CT molecular complexity index is 1120. The van der Waals surface area contributed by atoms with Gasteiger partial charge in [0.2, 0.25) is 0 Å². The fourth-order valence-electron chi connectivity index (χ4n) is 2.40. The number of nitrogens with zero attached hydrogens (tertiary/aromatic N) is 2. The summed E-state index contributed by atoms with van der Waals surface area (Å²) in [6.45, 7) is 0. The van der Waals surface area contributed by atoms with Crippen molar-refractivity contribution in [2.24, 2.45) is 0 Å². The van der Waals surface area contributed by atoms with Crippen molar-refractivity contribution >= 4 is 21.8 Å². The number of nitrogens with one attached hydrogen (secondary N) is 1. The maximum atomic E-state index is 12.4. The summed E-state index contributed by atoms with van der Waals surface area (Å²) in [6.07, 6.45) is 1.07. The third kappa shape index (κ3) is 4.12. The number of carbonyl (C=O) groups excluding carboxylic acids is 1. The SMILES string of the molecule is COc1ccc(OC)c(-c2nnc(NC(=O)c3cccc(S(C)(=O)=O)c3)o2)c1. The molecule has 1 heterocycles. The van der Waals surface area contributed by atoms with Crippen LogP contribution in [0.1, 0.15) is 10.4 Å². The maximum absolute atomic E-state index is 12.4. The molecule has 146 valence electrons. The molecule has 1 amide bonds. The molecule has 0 fully saturated rings. The highest BCUT2D eigenvalue weighted by molar-refractivity contribution is 7.90. The van der Waals surface area contributed by atoms with Crippen LogP contribution in [0, 0.1) is 0 Å². The molecule has 0 spiro atoms. The van der Waals surface area contributed by atoms with E-state index in [1.54, 1.807) is 18.2 Å². The van der Waals surface area contributed by atoms with Gasteiger partial charge >= 0.3 is 6.01 Å². The second kappa shape index (κ2) is 7.69. The van der Waals surface area contributed by atoms with Gasteiger partial charge in [-0.3, -0.25) is 10.1 Å². The standard InChI is InChI=1S/C18H17N3O6S/c1-25-12-7-8-15(26-2)14(10-12)17-20-21-18(27-17)19-16(22)11-5-4-6-13(9-11)28(3,23)24/h4-10H,1-3H3,(H,19,21,22). The van der Waals surface area contributed by atoms with Gasteiger partial charge in [-0.2, -0.15) is 0 Å². The third-order valence-corrected chi connectivity index (χ3v) is 4.92. The second-order valence-electron chi connectivity index (χ2n) is 5.73. The summed E-state index contributed by atoms with van der Waals surface area (Å²) in [5, 5.41) is 10.2. The van der Waals surface area contributed by atoms with E-state index in [2.05, 4.69) is 15.5 Å². The molecule has 0 aliphatic rings. The zero-order valence-corrected chi connectivity index (χ0v) is 16.1. The topological polar surface area (TPSA) is 121 Å². The number of rotatable bonds is 6. The lowest BCUT2D eigenvalue weighted by Gasteiger charge is -2.07. The van der Waals surface area contributed by atoms with Gasteiger partial charge in [-0.05, 0) is 36.4 Å². The van der Waals surface area contributed by atoms with Crippen molar-refractivity contribution in [1.82, 2.24) is 10.2 Å². The highest BCUT2D eigenvalue weighted by atomic mass is 32.2. The molecule has 1 aromatic heterocycles. The molecular formula is C18H17N3O6S. The summed E-state index contributed by atoms with van der Waals surface area (Å²) in [4.78, 5) is 12.4. The van der Waals surface area contributed by atoms with Crippen LogP contribution in [0.2, 0.25) is 0 Å². The quantitative estimate of drug-likeness (QED) is 0.666. The first-order chi connectivity index (χ1) is 13.3. The smallest absolute Gasteiger partial charge is 0.322 e. The minimum absolute atomic E-state index is 0.0347. The van der Waals surface area contributed by atoms with Crippen molar-refractivity contribution < 1.29 is 27.1 Å². The van der Waals surface area contributed by atoms with E-state index >= 15 is 0 Å². The minimum atomic E-state index is -3.44. The van der Waals surface area contributed by atoms with Gasteiger partial charge in [-0.1, -0.05) is 11.2 Å². The Morgan fingerprint density at radius 2 is 1.86 bits per heavy atom. The zero-order valence-electron chi connectivity index (χ0n) is 15.3. The summed E-state index contributed by atoms with van der Waals surface area (Å²) in [6, 6.07) is 10.6. The van der Waals surface area contributed by atoms with Crippen molar-refractivity contribution in [1.29, 1.82) is 0 Å². The number of anilines is 1. The average Bonchev–Trinajstić information content (AvgIpc) is 3.15. The zero-order chi connectivity index (χ0) is 20.3. The highest BCUT2D eigenvalue weighted by Gasteiger charge is 2.17. The Balaban J connectivity index is 1.85. The first-order valence-corrected chi connectivity index (χ1v) is 9.88. The van der Waals surface area contributed by atoms with Crippen LogP contribution in [-0.2, 0) is 9.84 Å². The Hall–Kier alpha value is -3.40. The van der Waals surface area contributed by atoms with Crippen LogP contribution in [0.5, 0.6) is 11.5 Å². The van der Waals surface area contributed by atoms with E-state index in [4.69, 9.17) is 13.9 Å². The van der Waals surface area contributed by atoms with Gasteiger partial charge in [-0.15, -0.1) is 5.10 Å². The lowest BCUT2D eigenvalue weighted by Crippen LogP contribution is -2.13. The fourth-order valence-corrected chi connectivity index (χ4v) is 3.07. The number of benzene rings is 2. The minimum Gasteiger partial charge on any atom is -0.497 e. The molecule has 0 aliphatic carbocycles. The molecule has 1 N–H and O–H groups in total. The summed E-state index contributed by atoms with van der Waals surface area (Å²) < 4.78 is 39.2. The monoisotopic (exact) mass is 403 g/mol. The van der Waals surface area contributed by atoms with E-state index in [-0.39, 0.29) is 22.4 Å². The van der Waals surface area contributed by atoms with Gasteiger partial charge in [0.25, 0.3) is 11.8 Å². The van der Waals surface area contributed by atoms with Gasteiger partial charge < -0.3 is 13.9 Å². The van der Waals surface area contributed by atoms with Crippen molar-refractivity contribution in [2.45, 2.75) is 4.90 Å². The van der Waals surface area contributed by atoms with Gasteiger partial charge in [0, 0.05) is 11.8 Å². The van der Waals surface area contributed by atoms with Gasteiger partial charge in [-0.25, -0.2) is 8.42 Å². The van der Waals surface area contributed by atoms with E-state index in [1.807, 2.05) is 0 Å². The molecule has 3 rings (SSSR count). The Morgan fingerprint density at radius 1 is 1.07 bits per heavy atom. The fraction of sp³-hybridized carbons (Fsp3) is 0.167. The van der Waals surface area contributed by atoms with Gasteiger partial charge in [0.1, 0.15) is 11.5 Å². The number of amides is 1. The third-order valence-electron chi connectivity index (χ3n) is 3.81. The number of methoxy groups -OCH3 is 2. The van der Waals surface area contributed by atoms with Crippen LogP contribution in [0.15, 0.2) is 51.8 Å². The molecule has 0 radical (unpaired) electrons. The number of ether oxygens (including phenoxy) is 2. The molecular weight excluding hydrogens is 386 g/mol. The van der Waals surface area contributed by atoms with Crippen molar-refractivity contribution in [3.63, 3.8) is 0 Å². The van der Waals surface area contributed by atoms with Crippen LogP contribution in [-0.4, -0.2) is 45.0 Å². The highest BCUT2D eigenvalue weighted by Crippen LogP contribution is 2.33. The number of carbonyl (C=O) groups is 1. The van der Waals surface area contributed by atoms with E-state index in [0.717, 1.165) is 6.26 Å². The molecule has 0 atom stereocenters. The number of aromatic nitrogens is 2. The summed E-state index contributed by atoms with van der Waals surface area (Å²) in [5.74, 6) is 0.592. The predicted molar refractivity (Wildman–Crippen MR) is 100 cm³/mol. The van der Waals surface area contributed by atoms with Crippen molar-refractivity contribution in [2.75, 3.05) is 25.8 Å². The number of hydrogen-bond donors (Lipinski definition) is 1. The molecule has 0 aliphatic heterocycles. The number of hydrogen-bond acceptors (Lipinski definition) is 8.